The van der Waals surface area contributed by atoms with Gasteiger partial charge in [0.25, 0.3) is 0 Å². The largest absolute Gasteiger partial charge is 0.162 e. The average molecular weight is 401 g/mol. The van der Waals surface area contributed by atoms with Gasteiger partial charge in [0.1, 0.15) is 0 Å². The van der Waals surface area contributed by atoms with E-state index in [-0.39, 0.29) is 5.41 Å². The monoisotopic (exact) mass is 400 g/mol. The first-order valence-corrected chi connectivity index (χ1v) is 12.6. The molecule has 0 heterocycles. The van der Waals surface area contributed by atoms with Crippen molar-refractivity contribution in [1.29, 1.82) is 0 Å². The van der Waals surface area contributed by atoms with Crippen LogP contribution in [0.1, 0.15) is 72.7 Å². The maximum absolute atomic E-state index is 2.46. The molecular weight excluding hydrogens is 364 g/mol. The van der Waals surface area contributed by atoms with Gasteiger partial charge in [0.05, 0.1) is 0 Å². The zero-order valence-corrected chi connectivity index (χ0v) is 20.0. The van der Waals surface area contributed by atoms with E-state index < -0.39 is 0 Å². The normalized spacial score (nSPS) is 14.2. The minimum atomic E-state index is 0.00416. The first-order valence-electron chi connectivity index (χ1n) is 10.0. The van der Waals surface area contributed by atoms with Gasteiger partial charge in [0.15, 0.2) is 0 Å². The predicted octanol–water partition coefficient (Wildman–Crippen LogP) is 7.74. The van der Waals surface area contributed by atoms with Crippen molar-refractivity contribution in [3.63, 3.8) is 0 Å². The lowest BCUT2D eigenvalue weighted by molar-refractivity contribution is 0.637. The molecule has 0 aliphatic heterocycles. The van der Waals surface area contributed by atoms with E-state index in [9.17, 15) is 0 Å². The van der Waals surface area contributed by atoms with Crippen LogP contribution in [-0.4, -0.2) is 17.8 Å². The highest BCUT2D eigenvalue weighted by molar-refractivity contribution is 7.99. The summed E-state index contributed by atoms with van der Waals surface area (Å²) in [7, 11) is 0. The van der Waals surface area contributed by atoms with Crippen molar-refractivity contribution in [2.45, 2.75) is 70.3 Å². The van der Waals surface area contributed by atoms with E-state index in [1.54, 1.807) is 0 Å². The molecule has 0 aromatic heterocycles. The SMILES string of the molecule is CCC(SC)c1cc(C(C)(C)c2ccc(C)c(CC(C)SC)c2)ccc1C. The fourth-order valence-corrected chi connectivity index (χ4v) is 4.92. The van der Waals surface area contributed by atoms with Crippen LogP contribution in [0.15, 0.2) is 36.4 Å². The molecule has 0 N–H and O–H groups in total. The van der Waals surface area contributed by atoms with E-state index >= 15 is 0 Å². The number of thioether (sulfide) groups is 2. The molecule has 0 spiro atoms. The molecule has 0 nitrogen and oxygen atoms in total. The standard InChI is InChI=1S/C25H36S2/c1-9-24(27-8)23-16-22(13-11-18(23)3)25(5,6)21-12-10-17(2)20(15-21)14-19(4)26-7/h10-13,15-16,19,24H,9,14H2,1-8H3. The third kappa shape index (κ3) is 5.15. The van der Waals surface area contributed by atoms with Gasteiger partial charge < -0.3 is 0 Å². The molecule has 0 radical (unpaired) electrons. The maximum Gasteiger partial charge on any atom is 0.0294 e. The van der Waals surface area contributed by atoms with Crippen LogP contribution in [0.25, 0.3) is 0 Å². The van der Waals surface area contributed by atoms with Crippen LogP contribution in [0.4, 0.5) is 0 Å². The molecule has 0 saturated heterocycles. The smallest absolute Gasteiger partial charge is 0.0294 e. The molecule has 2 atom stereocenters. The van der Waals surface area contributed by atoms with Crippen molar-refractivity contribution in [3.8, 4) is 0 Å². The highest BCUT2D eigenvalue weighted by Crippen LogP contribution is 2.38. The zero-order valence-electron chi connectivity index (χ0n) is 18.3. The van der Waals surface area contributed by atoms with Crippen LogP contribution in [0.2, 0.25) is 0 Å². The fourth-order valence-electron chi connectivity index (χ4n) is 3.73. The molecule has 0 amide bonds. The number of rotatable bonds is 8. The predicted molar refractivity (Wildman–Crippen MR) is 128 cm³/mol. The van der Waals surface area contributed by atoms with Crippen molar-refractivity contribution >= 4 is 23.5 Å². The summed E-state index contributed by atoms with van der Waals surface area (Å²) in [6, 6.07) is 14.2. The topological polar surface area (TPSA) is 0 Å². The summed E-state index contributed by atoms with van der Waals surface area (Å²) in [5, 5.41) is 1.23. The molecule has 2 heteroatoms. The third-order valence-electron chi connectivity index (χ3n) is 5.98. The van der Waals surface area contributed by atoms with Crippen molar-refractivity contribution in [2.24, 2.45) is 0 Å². The molecule has 148 valence electrons. The molecule has 27 heavy (non-hydrogen) atoms. The molecule has 0 fully saturated rings. The Kier molecular flexibility index (Phi) is 7.94. The first-order chi connectivity index (χ1) is 12.7. The van der Waals surface area contributed by atoms with Gasteiger partial charge in [-0.3, -0.25) is 0 Å². The highest BCUT2D eigenvalue weighted by atomic mass is 32.2. The Morgan fingerprint density at radius 2 is 1.48 bits per heavy atom. The van der Waals surface area contributed by atoms with Crippen LogP contribution in [0, 0.1) is 13.8 Å². The second-order valence-electron chi connectivity index (χ2n) is 8.22. The molecule has 2 unspecified atom stereocenters. The van der Waals surface area contributed by atoms with Crippen molar-refractivity contribution in [1.82, 2.24) is 0 Å². The molecule has 2 aromatic rings. The molecule has 0 aliphatic rings. The Hall–Kier alpha value is -0.860. The Balaban J connectivity index is 2.46. The van der Waals surface area contributed by atoms with Gasteiger partial charge in [-0.15, -0.1) is 0 Å². The summed E-state index contributed by atoms with van der Waals surface area (Å²) in [6.45, 7) is 13.8. The van der Waals surface area contributed by atoms with Crippen LogP contribution < -0.4 is 0 Å². The molecule has 0 bridgehead atoms. The van der Waals surface area contributed by atoms with Gasteiger partial charge in [-0.25, -0.2) is 0 Å². The highest BCUT2D eigenvalue weighted by Gasteiger charge is 2.25. The number of aryl methyl sites for hydroxylation is 2. The van der Waals surface area contributed by atoms with Gasteiger partial charge in [-0.2, -0.15) is 23.5 Å². The number of benzene rings is 2. The maximum atomic E-state index is 2.46. The van der Waals surface area contributed by atoms with Crippen LogP contribution in [0.5, 0.6) is 0 Å². The van der Waals surface area contributed by atoms with Crippen molar-refractivity contribution in [2.75, 3.05) is 12.5 Å². The molecule has 0 aliphatic carbocycles. The zero-order chi connectivity index (χ0) is 20.2. The summed E-state index contributed by atoms with van der Waals surface area (Å²) < 4.78 is 0. The molecule has 0 saturated carbocycles. The van der Waals surface area contributed by atoms with Crippen molar-refractivity contribution < 1.29 is 0 Å². The second-order valence-corrected chi connectivity index (χ2v) is 10.5. The second kappa shape index (κ2) is 9.56. The lowest BCUT2D eigenvalue weighted by Gasteiger charge is -2.29. The third-order valence-corrected chi connectivity index (χ3v) is 8.11. The first kappa shape index (κ1) is 22.4. The van der Waals surface area contributed by atoms with E-state index in [0.29, 0.717) is 10.5 Å². The molecule has 2 aromatic carbocycles. The average Bonchev–Trinajstić information content (AvgIpc) is 2.65. The molecular formula is C25H36S2. The van der Waals surface area contributed by atoms with Crippen LogP contribution in [-0.2, 0) is 11.8 Å². The van der Waals surface area contributed by atoms with E-state index in [2.05, 4.69) is 90.5 Å². The van der Waals surface area contributed by atoms with E-state index in [1.807, 2.05) is 23.5 Å². The Labute approximate surface area is 175 Å². The lowest BCUT2D eigenvalue weighted by Crippen LogP contribution is -2.20. The van der Waals surface area contributed by atoms with Crippen LogP contribution in [0.3, 0.4) is 0 Å². The quantitative estimate of drug-likeness (QED) is 0.444. The Bertz CT molecular complexity index is 757. The fraction of sp³-hybridized carbons (Fsp3) is 0.520. The Morgan fingerprint density at radius 3 is 2.04 bits per heavy atom. The minimum absolute atomic E-state index is 0.00416. The van der Waals surface area contributed by atoms with E-state index in [1.165, 1.54) is 39.8 Å². The summed E-state index contributed by atoms with van der Waals surface area (Å²) in [5.74, 6) is 0. The van der Waals surface area contributed by atoms with Crippen molar-refractivity contribution in [3.05, 3.63) is 69.8 Å². The summed E-state index contributed by atoms with van der Waals surface area (Å²) in [5.41, 5.74) is 8.66. The van der Waals surface area contributed by atoms with Gasteiger partial charge in [-0.05, 0) is 72.6 Å². The lowest BCUT2D eigenvalue weighted by atomic mass is 9.76. The van der Waals surface area contributed by atoms with Gasteiger partial charge in [0, 0.05) is 15.9 Å². The van der Waals surface area contributed by atoms with Gasteiger partial charge >= 0.3 is 0 Å². The van der Waals surface area contributed by atoms with Gasteiger partial charge in [0.2, 0.25) is 0 Å². The summed E-state index contributed by atoms with van der Waals surface area (Å²) in [6.07, 6.45) is 6.75. The number of hydrogen-bond donors (Lipinski definition) is 0. The summed E-state index contributed by atoms with van der Waals surface area (Å²) >= 11 is 3.91. The minimum Gasteiger partial charge on any atom is -0.162 e. The van der Waals surface area contributed by atoms with Crippen LogP contribution >= 0.6 is 23.5 Å². The Morgan fingerprint density at radius 1 is 0.889 bits per heavy atom. The van der Waals surface area contributed by atoms with E-state index in [4.69, 9.17) is 0 Å². The molecule has 2 rings (SSSR count). The summed E-state index contributed by atoms with van der Waals surface area (Å²) in [4.78, 5) is 0. The van der Waals surface area contributed by atoms with E-state index in [0.717, 1.165) is 6.42 Å². The van der Waals surface area contributed by atoms with Gasteiger partial charge in [-0.1, -0.05) is 64.1 Å². The number of hydrogen-bond acceptors (Lipinski definition) is 2.